The van der Waals surface area contributed by atoms with Gasteiger partial charge < -0.3 is 20.3 Å². The number of thiophene rings is 2. The lowest BCUT2D eigenvalue weighted by molar-refractivity contribution is 0.0686. The summed E-state index contributed by atoms with van der Waals surface area (Å²) in [5.41, 5.74) is 1.30. The molecule has 0 bridgehead atoms. The van der Waals surface area contributed by atoms with Crippen molar-refractivity contribution in [2.45, 2.75) is 0 Å². The number of carbonyl (C=O) groups is 2. The molecule has 8 nitrogen and oxygen atoms in total. The van der Waals surface area contributed by atoms with E-state index in [4.69, 9.17) is 20.3 Å². The number of pyridine rings is 2. The van der Waals surface area contributed by atoms with Crippen molar-refractivity contribution in [3.8, 4) is 10.4 Å². The molecule has 34 heavy (non-hydrogen) atoms. The monoisotopic (exact) mass is 570 g/mol. The van der Waals surface area contributed by atoms with Crippen molar-refractivity contribution < 1.29 is 38.6 Å². The van der Waals surface area contributed by atoms with E-state index in [1.807, 2.05) is 0 Å². The summed E-state index contributed by atoms with van der Waals surface area (Å²) in [5, 5.41) is 37.2. The van der Waals surface area contributed by atoms with E-state index in [-0.39, 0.29) is 11.0 Å². The van der Waals surface area contributed by atoms with E-state index in [1.165, 1.54) is 58.6 Å². The predicted molar refractivity (Wildman–Crippen MR) is 127 cm³/mol. The second-order valence-electron chi connectivity index (χ2n) is 6.10. The molecular formula is C20H14BBrF2N2O6S2. The van der Waals surface area contributed by atoms with Gasteiger partial charge in [0.15, 0.2) is 0 Å². The number of carboxylic acids is 2. The van der Waals surface area contributed by atoms with Crippen LogP contribution < -0.4 is 5.46 Å². The number of nitrogens with zero attached hydrogens (tertiary/aromatic N) is 2. The average molecular weight is 571 g/mol. The van der Waals surface area contributed by atoms with Gasteiger partial charge in [-0.25, -0.2) is 19.6 Å². The standard InChI is InChI=1S/C10H6FNO2S.C5H5BFNO2.C5H3BrO2S/c11-9-4-6(1-2-12-9)8-3-7(5-15-8)10(13)14;7-5-3-4(6(9)10)1-2-8-5;6-4-1-3(2-9-4)5(7)8/h1-5H,(H,13,14);1-3,9-10H;1-2H,(H,7,8). The molecule has 0 fully saturated rings. The topological polar surface area (TPSA) is 141 Å². The highest BCUT2D eigenvalue weighted by atomic mass is 79.9. The maximum Gasteiger partial charge on any atom is 0.488 e. The van der Waals surface area contributed by atoms with Crippen LogP contribution in [0.5, 0.6) is 0 Å². The van der Waals surface area contributed by atoms with Gasteiger partial charge in [0.05, 0.1) is 14.9 Å². The number of carboxylic acid groups (broad SMARTS) is 2. The molecule has 4 aromatic rings. The Bertz CT molecular complexity index is 1270. The van der Waals surface area contributed by atoms with Gasteiger partial charge in [0.25, 0.3) is 0 Å². The van der Waals surface area contributed by atoms with Crippen molar-refractivity contribution in [2.75, 3.05) is 0 Å². The zero-order valence-corrected chi connectivity index (χ0v) is 20.0. The molecule has 0 amide bonds. The summed E-state index contributed by atoms with van der Waals surface area (Å²) < 4.78 is 25.8. The second kappa shape index (κ2) is 13.0. The Morgan fingerprint density at radius 3 is 1.82 bits per heavy atom. The van der Waals surface area contributed by atoms with E-state index in [9.17, 15) is 18.4 Å². The fourth-order valence-electron chi connectivity index (χ4n) is 2.16. The highest BCUT2D eigenvalue weighted by molar-refractivity contribution is 9.11. The molecule has 0 saturated heterocycles. The first-order valence-corrected chi connectivity index (χ1v) is 11.5. The zero-order chi connectivity index (χ0) is 25.3. The summed E-state index contributed by atoms with van der Waals surface area (Å²) in [6, 6.07) is 8.30. The highest BCUT2D eigenvalue weighted by Crippen LogP contribution is 2.27. The van der Waals surface area contributed by atoms with Gasteiger partial charge in [-0.05, 0) is 57.3 Å². The van der Waals surface area contributed by atoms with E-state index < -0.39 is 31.0 Å². The summed E-state index contributed by atoms with van der Waals surface area (Å²) in [4.78, 5) is 28.2. The number of aromatic carboxylic acids is 2. The first-order valence-electron chi connectivity index (χ1n) is 8.95. The maximum atomic E-state index is 12.8. The van der Waals surface area contributed by atoms with Crippen molar-refractivity contribution >= 4 is 63.1 Å². The SMILES string of the molecule is O=C(O)c1csc(-c2ccnc(F)c2)c1.O=C(O)c1csc(Br)c1.OB(O)c1ccnc(F)c1. The Morgan fingerprint density at radius 1 is 0.853 bits per heavy atom. The molecule has 0 aliphatic heterocycles. The van der Waals surface area contributed by atoms with Gasteiger partial charge in [0, 0.05) is 34.1 Å². The lowest BCUT2D eigenvalue weighted by atomic mass is 9.81. The van der Waals surface area contributed by atoms with Crippen LogP contribution in [0.4, 0.5) is 8.78 Å². The first-order chi connectivity index (χ1) is 16.1. The Kier molecular flexibility index (Phi) is 10.4. The van der Waals surface area contributed by atoms with Gasteiger partial charge in [-0.3, -0.25) is 0 Å². The summed E-state index contributed by atoms with van der Waals surface area (Å²) in [6.07, 6.45) is 2.52. The third kappa shape index (κ3) is 8.72. The summed E-state index contributed by atoms with van der Waals surface area (Å²) >= 11 is 5.79. The van der Waals surface area contributed by atoms with Crippen LogP contribution in [0.15, 0.2) is 63.3 Å². The third-order valence-electron chi connectivity index (χ3n) is 3.72. The van der Waals surface area contributed by atoms with Gasteiger partial charge in [-0.1, -0.05) is 0 Å². The van der Waals surface area contributed by atoms with Gasteiger partial charge >= 0.3 is 19.1 Å². The molecule has 0 unspecified atom stereocenters. The van der Waals surface area contributed by atoms with E-state index in [1.54, 1.807) is 17.5 Å². The quantitative estimate of drug-likeness (QED) is 0.215. The first kappa shape index (κ1) is 27.2. The van der Waals surface area contributed by atoms with Crippen LogP contribution >= 0.6 is 38.6 Å². The van der Waals surface area contributed by atoms with Crippen LogP contribution in [0.3, 0.4) is 0 Å². The molecule has 4 rings (SSSR count). The van der Waals surface area contributed by atoms with Crippen LogP contribution in [-0.4, -0.2) is 49.3 Å². The van der Waals surface area contributed by atoms with E-state index in [0.29, 0.717) is 16.0 Å². The molecule has 0 aliphatic carbocycles. The molecule has 14 heteroatoms. The third-order valence-corrected chi connectivity index (χ3v) is 6.20. The van der Waals surface area contributed by atoms with Gasteiger partial charge in [-0.15, -0.1) is 22.7 Å². The Hall–Kier alpha value is -3.04. The molecule has 0 saturated carbocycles. The Balaban J connectivity index is 0.000000189. The molecule has 0 atom stereocenters. The molecule has 4 aromatic heterocycles. The summed E-state index contributed by atoms with van der Waals surface area (Å²) in [5.74, 6) is -3.15. The molecule has 0 radical (unpaired) electrons. The lowest BCUT2D eigenvalue weighted by Crippen LogP contribution is -2.30. The van der Waals surface area contributed by atoms with E-state index in [0.717, 1.165) is 9.85 Å². The van der Waals surface area contributed by atoms with Crippen molar-refractivity contribution in [2.24, 2.45) is 0 Å². The second-order valence-corrected chi connectivity index (χ2v) is 9.30. The summed E-state index contributed by atoms with van der Waals surface area (Å²) in [6.45, 7) is 0. The van der Waals surface area contributed by atoms with E-state index >= 15 is 0 Å². The minimum Gasteiger partial charge on any atom is -0.478 e. The molecule has 4 heterocycles. The van der Waals surface area contributed by atoms with Gasteiger partial charge in [-0.2, -0.15) is 8.78 Å². The van der Waals surface area contributed by atoms with Crippen LogP contribution in [-0.2, 0) is 0 Å². The van der Waals surface area contributed by atoms with Gasteiger partial charge in [0.1, 0.15) is 0 Å². The minimum absolute atomic E-state index is 0.104. The highest BCUT2D eigenvalue weighted by Gasteiger charge is 2.11. The number of hydrogen-bond acceptors (Lipinski definition) is 8. The normalized spacial score (nSPS) is 9.79. The number of rotatable bonds is 4. The van der Waals surface area contributed by atoms with Crippen molar-refractivity contribution in [1.82, 2.24) is 9.97 Å². The summed E-state index contributed by atoms with van der Waals surface area (Å²) in [7, 11) is -1.63. The molecule has 176 valence electrons. The largest absolute Gasteiger partial charge is 0.488 e. The molecule has 4 N–H and O–H groups in total. The number of aromatic nitrogens is 2. The van der Waals surface area contributed by atoms with Crippen LogP contribution in [0.1, 0.15) is 20.7 Å². The van der Waals surface area contributed by atoms with Crippen molar-refractivity contribution in [3.63, 3.8) is 0 Å². The zero-order valence-electron chi connectivity index (χ0n) is 16.8. The lowest BCUT2D eigenvalue weighted by Gasteiger charge is -1.95. The van der Waals surface area contributed by atoms with Crippen molar-refractivity contribution in [3.05, 3.63) is 86.4 Å². The van der Waals surface area contributed by atoms with Crippen LogP contribution in [0.25, 0.3) is 10.4 Å². The molecule has 0 spiro atoms. The minimum atomic E-state index is -1.63. The Morgan fingerprint density at radius 2 is 1.41 bits per heavy atom. The van der Waals surface area contributed by atoms with Crippen LogP contribution in [0, 0.1) is 11.9 Å². The van der Waals surface area contributed by atoms with E-state index in [2.05, 4.69) is 25.9 Å². The maximum absolute atomic E-state index is 12.8. The molecule has 0 aliphatic rings. The predicted octanol–water partition coefficient (Wildman–Crippen LogP) is 3.76. The smallest absolute Gasteiger partial charge is 0.478 e. The fourth-order valence-corrected chi connectivity index (χ4v) is 4.17. The number of hydrogen-bond donors (Lipinski definition) is 4. The number of halogens is 3. The fraction of sp³-hybridized carbons (Fsp3) is 0. The average Bonchev–Trinajstić information content (AvgIpc) is 3.44. The van der Waals surface area contributed by atoms with Crippen molar-refractivity contribution in [1.29, 1.82) is 0 Å². The van der Waals surface area contributed by atoms with Crippen LogP contribution in [0.2, 0.25) is 0 Å². The van der Waals surface area contributed by atoms with Gasteiger partial charge in [0.2, 0.25) is 11.9 Å². The Labute approximate surface area is 208 Å². The molecule has 0 aromatic carbocycles. The molecular weight excluding hydrogens is 557 g/mol.